The lowest BCUT2D eigenvalue weighted by Crippen LogP contribution is -2.50. The maximum atomic E-state index is 5.86. The Kier molecular flexibility index (Phi) is 3.21. The summed E-state index contributed by atoms with van der Waals surface area (Å²) in [6, 6.07) is 1.81. The van der Waals surface area contributed by atoms with Crippen LogP contribution in [0.1, 0.15) is 26.5 Å². The molecule has 0 aliphatic rings. The minimum Gasteiger partial charge on any atom is -0.282 e. The normalized spacial score (nSPS) is 13.9. The van der Waals surface area contributed by atoms with Crippen molar-refractivity contribution < 1.29 is 0 Å². The van der Waals surface area contributed by atoms with Gasteiger partial charge >= 0.3 is 0 Å². The largest absolute Gasteiger partial charge is 0.282 e. The minimum absolute atomic E-state index is 0.189. The van der Waals surface area contributed by atoms with Crippen molar-refractivity contribution in [3.63, 3.8) is 0 Å². The number of aromatic nitrogens is 2. The van der Waals surface area contributed by atoms with E-state index >= 15 is 0 Å². The summed E-state index contributed by atoms with van der Waals surface area (Å²) in [5.74, 6) is 0. The molecule has 10 radical (unpaired) electrons. The Labute approximate surface area is 104 Å². The Morgan fingerprint density at radius 3 is 1.94 bits per heavy atom. The van der Waals surface area contributed by atoms with Gasteiger partial charge in [0, 0.05) is 17.3 Å². The van der Waals surface area contributed by atoms with Gasteiger partial charge in [-0.1, -0.05) is 20.8 Å². The SMILES string of the molecule is [B]C([B])([B])C([B])([B])n1nccc1C(C)(C)C. The van der Waals surface area contributed by atoms with Crippen LogP contribution in [0.2, 0.25) is 5.11 Å². The predicted molar refractivity (Wildman–Crippen MR) is 70.4 cm³/mol. The molecule has 0 unspecified atom stereocenters. The number of hydrogen-bond acceptors (Lipinski definition) is 1. The summed E-state index contributed by atoms with van der Waals surface area (Å²) in [7, 11) is 28.4. The summed E-state index contributed by atoms with van der Waals surface area (Å²) in [6.07, 6.45) is 1.58. The number of hydrogen-bond donors (Lipinski definition) is 0. The van der Waals surface area contributed by atoms with Crippen LogP contribution in [0.3, 0.4) is 0 Å². The van der Waals surface area contributed by atoms with Crippen LogP contribution in [0.15, 0.2) is 12.3 Å². The zero-order valence-electron chi connectivity index (χ0n) is 9.94. The van der Waals surface area contributed by atoms with Gasteiger partial charge in [-0.3, -0.25) is 4.68 Å². The zero-order valence-corrected chi connectivity index (χ0v) is 9.94. The van der Waals surface area contributed by atoms with Crippen molar-refractivity contribution in [2.24, 2.45) is 0 Å². The maximum Gasteiger partial charge on any atom is 0.0908 e. The van der Waals surface area contributed by atoms with Crippen molar-refractivity contribution in [3.8, 4) is 0 Å². The van der Waals surface area contributed by atoms with Gasteiger partial charge in [0.1, 0.15) is 0 Å². The Morgan fingerprint density at radius 2 is 1.56 bits per heavy atom. The first-order chi connectivity index (χ1) is 6.98. The molecule has 0 aliphatic heterocycles. The highest BCUT2D eigenvalue weighted by atomic mass is 15.3. The van der Waals surface area contributed by atoms with Gasteiger partial charge in [-0.2, -0.15) is 5.10 Å². The molecule has 0 aliphatic carbocycles. The summed E-state index contributed by atoms with van der Waals surface area (Å²) in [5, 5.41) is 0.629. The average molecular weight is 201 g/mol. The molecule has 0 saturated heterocycles. The van der Waals surface area contributed by atoms with Crippen LogP contribution in [0, 0.1) is 0 Å². The van der Waals surface area contributed by atoms with Gasteiger partial charge < -0.3 is 0 Å². The second-order valence-corrected chi connectivity index (χ2v) is 5.14. The highest BCUT2D eigenvalue weighted by molar-refractivity contribution is 6.66. The van der Waals surface area contributed by atoms with Gasteiger partial charge in [0.2, 0.25) is 0 Å². The van der Waals surface area contributed by atoms with E-state index in [-0.39, 0.29) is 5.41 Å². The van der Waals surface area contributed by atoms with E-state index in [0.29, 0.717) is 0 Å². The molecule has 0 amide bonds. The van der Waals surface area contributed by atoms with Crippen molar-refractivity contribution in [1.82, 2.24) is 9.78 Å². The monoisotopic (exact) mass is 202 g/mol. The van der Waals surface area contributed by atoms with Crippen molar-refractivity contribution >= 4 is 39.2 Å². The van der Waals surface area contributed by atoms with Crippen LogP contribution >= 0.6 is 0 Å². The third-order valence-corrected chi connectivity index (χ3v) is 2.46. The lowest BCUT2D eigenvalue weighted by Gasteiger charge is -2.44. The second kappa shape index (κ2) is 3.78. The van der Waals surface area contributed by atoms with E-state index in [0.717, 1.165) is 5.69 Å². The van der Waals surface area contributed by atoms with Gasteiger partial charge in [-0.15, -0.1) is 5.11 Å². The first-order valence-corrected chi connectivity index (χ1v) is 4.97. The molecule has 0 saturated carbocycles. The van der Waals surface area contributed by atoms with Crippen LogP contribution in [0.5, 0.6) is 0 Å². The quantitative estimate of drug-likeness (QED) is 0.601. The predicted octanol–water partition coefficient (Wildman–Crippen LogP) is -0.293. The summed E-state index contributed by atoms with van der Waals surface area (Å²) in [4.78, 5) is 0. The summed E-state index contributed by atoms with van der Waals surface area (Å²) in [6.45, 7) is 6.01. The highest BCUT2D eigenvalue weighted by Crippen LogP contribution is 2.33. The summed E-state index contributed by atoms with van der Waals surface area (Å²) < 4.78 is 1.37. The minimum atomic E-state index is -1.76. The molecule has 0 spiro atoms. The first-order valence-electron chi connectivity index (χ1n) is 4.97. The molecule has 7 heteroatoms. The average Bonchev–Trinajstić information content (AvgIpc) is 2.47. The molecule has 0 N–H and O–H groups in total. The third-order valence-electron chi connectivity index (χ3n) is 2.46. The fraction of sp³-hybridized carbons (Fsp3) is 0.667. The third kappa shape index (κ3) is 2.28. The zero-order chi connectivity index (χ0) is 12.8. The van der Waals surface area contributed by atoms with Crippen molar-refractivity contribution in [2.45, 2.75) is 36.6 Å². The van der Waals surface area contributed by atoms with Crippen LogP contribution in [0.4, 0.5) is 0 Å². The fourth-order valence-corrected chi connectivity index (χ4v) is 1.35. The van der Waals surface area contributed by atoms with Crippen molar-refractivity contribution in [2.75, 3.05) is 0 Å². The lowest BCUT2D eigenvalue weighted by molar-refractivity contribution is 0.445. The van der Waals surface area contributed by atoms with Crippen LogP contribution in [0.25, 0.3) is 0 Å². The van der Waals surface area contributed by atoms with Gasteiger partial charge in [0.15, 0.2) is 0 Å². The van der Waals surface area contributed by atoms with Gasteiger partial charge in [0.05, 0.1) is 39.2 Å². The molecule has 0 bridgehead atoms. The molecule has 16 heavy (non-hydrogen) atoms. The first kappa shape index (κ1) is 13.6. The molecule has 72 valence electrons. The molecule has 1 aromatic heterocycles. The molecule has 1 aromatic rings. The molecular formula is C9H11B5N2. The van der Waals surface area contributed by atoms with Crippen LogP contribution < -0.4 is 0 Å². The van der Waals surface area contributed by atoms with E-state index in [1.54, 1.807) is 12.3 Å². The van der Waals surface area contributed by atoms with Gasteiger partial charge in [0.25, 0.3) is 0 Å². The van der Waals surface area contributed by atoms with Crippen molar-refractivity contribution in [3.05, 3.63) is 18.0 Å². The van der Waals surface area contributed by atoms with Crippen LogP contribution in [-0.4, -0.2) is 49.0 Å². The standard InChI is InChI=1S/C9H11B5N2/c1-7(2,3)6-4-5-15-16(6)9(13,14)8(10,11)12/h4-5H,1-3H3. The molecule has 1 heterocycles. The highest BCUT2D eigenvalue weighted by Gasteiger charge is 2.35. The fourth-order valence-electron chi connectivity index (χ4n) is 1.35. The number of nitrogens with zero attached hydrogens (tertiary/aromatic N) is 2. The second-order valence-electron chi connectivity index (χ2n) is 5.14. The molecule has 1 rings (SSSR count). The Morgan fingerprint density at radius 1 is 1.06 bits per heavy atom. The molecule has 0 aromatic carbocycles. The number of rotatable bonds is 2. The van der Waals surface area contributed by atoms with E-state index in [2.05, 4.69) is 5.10 Å². The molecule has 2 nitrogen and oxygen atoms in total. The van der Waals surface area contributed by atoms with E-state index < -0.39 is 10.5 Å². The molecule has 0 atom stereocenters. The van der Waals surface area contributed by atoms with Gasteiger partial charge in [-0.05, 0) is 11.4 Å². The van der Waals surface area contributed by atoms with Crippen molar-refractivity contribution in [1.29, 1.82) is 0 Å². The maximum absolute atomic E-state index is 5.86. The Hall–Kier alpha value is -0.465. The smallest absolute Gasteiger partial charge is 0.0908 e. The Balaban J connectivity index is 3.31. The summed E-state index contributed by atoms with van der Waals surface area (Å²) in [5.41, 5.74) is 0.620. The Bertz CT molecular complexity index is 372. The molecular weight excluding hydrogens is 190 g/mol. The van der Waals surface area contributed by atoms with E-state index in [4.69, 9.17) is 39.2 Å². The molecule has 0 fully saturated rings. The van der Waals surface area contributed by atoms with E-state index in [1.165, 1.54) is 4.68 Å². The lowest BCUT2D eigenvalue weighted by atomic mass is 9.26. The van der Waals surface area contributed by atoms with E-state index in [9.17, 15) is 0 Å². The van der Waals surface area contributed by atoms with Gasteiger partial charge in [-0.25, -0.2) is 0 Å². The summed E-state index contributed by atoms with van der Waals surface area (Å²) >= 11 is 0. The van der Waals surface area contributed by atoms with Crippen LogP contribution in [-0.2, 0) is 10.8 Å². The van der Waals surface area contributed by atoms with E-state index in [1.807, 2.05) is 20.8 Å². The topological polar surface area (TPSA) is 17.8 Å².